The second kappa shape index (κ2) is 12.4. The molecule has 0 spiro atoms. The number of nitrogens with zero attached hydrogens (tertiary/aromatic N) is 2. The van der Waals surface area contributed by atoms with Crippen molar-refractivity contribution in [3.63, 3.8) is 0 Å². The van der Waals surface area contributed by atoms with E-state index < -0.39 is 29.8 Å². The van der Waals surface area contributed by atoms with Crippen LogP contribution in [0.5, 0.6) is 5.75 Å². The lowest BCUT2D eigenvalue weighted by Crippen LogP contribution is -2.56. The third-order valence-electron chi connectivity index (χ3n) is 6.92. The minimum absolute atomic E-state index is 0.0357. The number of halogens is 1. The number of aromatic hydroxyl groups is 1. The van der Waals surface area contributed by atoms with Gasteiger partial charge in [0.25, 0.3) is 11.8 Å². The van der Waals surface area contributed by atoms with Crippen LogP contribution in [0, 0.1) is 5.41 Å². The molecule has 0 fully saturated rings. The van der Waals surface area contributed by atoms with Crippen molar-refractivity contribution >= 4 is 56.5 Å². The van der Waals surface area contributed by atoms with Crippen LogP contribution in [0.15, 0.2) is 71.2 Å². The lowest BCUT2D eigenvalue weighted by atomic mass is 10.1. The first kappa shape index (κ1) is 29.6. The zero-order valence-electron chi connectivity index (χ0n) is 22.8. The van der Waals surface area contributed by atoms with Crippen molar-refractivity contribution in [3.8, 4) is 5.75 Å². The number of carbonyl (C=O) groups excluding carboxylic acids is 4. The maximum atomic E-state index is 14.0. The number of hydrogen-bond acceptors (Lipinski definition) is 7. The smallest absolute Gasteiger partial charge is 0.258 e. The molecule has 1 heterocycles. The van der Waals surface area contributed by atoms with E-state index in [4.69, 9.17) is 5.41 Å². The number of likely N-dealkylation sites (N-methyl/N-ethyl adjacent to an activating group) is 1. The van der Waals surface area contributed by atoms with Crippen LogP contribution in [0.2, 0.25) is 0 Å². The fourth-order valence-corrected chi connectivity index (χ4v) is 4.83. The Kier molecular flexibility index (Phi) is 8.99. The predicted octanol–water partition coefficient (Wildman–Crippen LogP) is 3.51. The van der Waals surface area contributed by atoms with Gasteiger partial charge in [0.2, 0.25) is 5.91 Å². The summed E-state index contributed by atoms with van der Waals surface area (Å²) in [6.45, 7) is 2.69. The lowest BCUT2D eigenvalue weighted by molar-refractivity contribution is -0.128. The molecule has 0 bridgehead atoms. The molecule has 0 aliphatic carbocycles. The lowest BCUT2D eigenvalue weighted by Gasteiger charge is -2.26. The zero-order chi connectivity index (χ0) is 29.8. The highest BCUT2D eigenvalue weighted by molar-refractivity contribution is 9.10. The van der Waals surface area contributed by atoms with Crippen LogP contribution in [0.1, 0.15) is 40.1 Å². The number of carbonyl (C=O) groups is 4. The highest BCUT2D eigenvalue weighted by atomic mass is 79.9. The van der Waals surface area contributed by atoms with Crippen LogP contribution in [-0.4, -0.2) is 66.5 Å². The van der Waals surface area contributed by atoms with E-state index in [1.165, 1.54) is 22.8 Å². The summed E-state index contributed by atoms with van der Waals surface area (Å²) in [6.07, 6.45) is 0. The maximum Gasteiger partial charge on any atom is 0.258 e. The highest BCUT2D eigenvalue weighted by Gasteiger charge is 2.38. The van der Waals surface area contributed by atoms with Gasteiger partial charge in [0.1, 0.15) is 11.8 Å². The number of para-hydroxylation sites is 2. The Labute approximate surface area is 246 Å². The Balaban J connectivity index is 1.78. The van der Waals surface area contributed by atoms with Crippen LogP contribution in [0.25, 0.3) is 0 Å². The number of Topliss-reactive ketones (excluding diaryl/α,β-unsaturated/α-hetero) is 1. The molecule has 0 unspecified atom stereocenters. The van der Waals surface area contributed by atoms with Gasteiger partial charge in [-0.25, -0.2) is 0 Å². The highest BCUT2D eigenvalue weighted by Crippen LogP contribution is 2.34. The molecule has 4 rings (SSSR count). The first-order valence-electron chi connectivity index (χ1n) is 12.9. The summed E-state index contributed by atoms with van der Waals surface area (Å²) in [5, 5.41) is 24.8. The van der Waals surface area contributed by atoms with E-state index in [0.29, 0.717) is 27.0 Å². The molecule has 212 valence electrons. The molecule has 0 aromatic heterocycles. The van der Waals surface area contributed by atoms with Crippen molar-refractivity contribution in [2.45, 2.75) is 25.9 Å². The quantitative estimate of drug-likeness (QED) is 0.224. The van der Waals surface area contributed by atoms with Gasteiger partial charge in [0.15, 0.2) is 5.78 Å². The summed E-state index contributed by atoms with van der Waals surface area (Å²) >= 11 is 3.29. The molecule has 0 radical (unpaired) electrons. The molecule has 41 heavy (non-hydrogen) atoms. The van der Waals surface area contributed by atoms with Crippen molar-refractivity contribution < 1.29 is 24.3 Å². The van der Waals surface area contributed by atoms with Crippen molar-refractivity contribution in [1.82, 2.24) is 10.6 Å². The fraction of sp³-hybridized carbons (Fsp3) is 0.233. The maximum absolute atomic E-state index is 14.0. The van der Waals surface area contributed by atoms with E-state index in [1.807, 2.05) is 0 Å². The molecule has 11 heteroatoms. The standard InChI is InChI=1S/C30H30BrN5O5/c1-17(33-3)28(39)34-24-16-36(29(40)20-10-8-19(9-11-20)18(2)37)26-7-5-4-6-25(26)35(30(24)41)15-23(32)22-13-12-21(31)14-27(22)38/h4-14,17,24,32-33,38H,15-16H2,1-3H3,(H,34,39)/t17-,24-/m0/s1. The molecular weight excluding hydrogens is 590 g/mol. The van der Waals surface area contributed by atoms with Crippen molar-refractivity contribution in [2.24, 2.45) is 0 Å². The van der Waals surface area contributed by atoms with E-state index >= 15 is 0 Å². The number of phenolic OH excluding ortho intramolecular Hbond substituents is 1. The molecule has 4 N–H and O–H groups in total. The van der Waals surface area contributed by atoms with Crippen molar-refractivity contribution in [2.75, 3.05) is 29.9 Å². The average Bonchev–Trinajstić information content (AvgIpc) is 3.07. The molecular formula is C30H30BrN5O5. The van der Waals surface area contributed by atoms with Crippen LogP contribution in [-0.2, 0) is 9.59 Å². The van der Waals surface area contributed by atoms with Crippen LogP contribution < -0.4 is 20.4 Å². The average molecular weight is 621 g/mol. The molecule has 1 aliphatic rings. The summed E-state index contributed by atoms with van der Waals surface area (Å²) < 4.78 is 0.634. The van der Waals surface area contributed by atoms with E-state index in [2.05, 4.69) is 26.6 Å². The first-order valence-corrected chi connectivity index (χ1v) is 13.7. The monoisotopic (exact) mass is 619 g/mol. The van der Waals surface area contributed by atoms with Gasteiger partial charge in [-0.15, -0.1) is 0 Å². The summed E-state index contributed by atoms with van der Waals surface area (Å²) in [7, 11) is 1.62. The van der Waals surface area contributed by atoms with Gasteiger partial charge < -0.3 is 30.9 Å². The van der Waals surface area contributed by atoms with Gasteiger partial charge in [-0.2, -0.15) is 0 Å². The minimum atomic E-state index is -1.14. The molecule has 10 nitrogen and oxygen atoms in total. The third-order valence-corrected chi connectivity index (χ3v) is 7.41. The Hall–Kier alpha value is -4.35. The second-order valence-corrected chi connectivity index (χ2v) is 10.6. The first-order chi connectivity index (χ1) is 19.5. The van der Waals surface area contributed by atoms with Crippen LogP contribution in [0.3, 0.4) is 0 Å². The Morgan fingerprint density at radius 3 is 2.29 bits per heavy atom. The topological polar surface area (TPSA) is 143 Å². The number of nitrogens with one attached hydrogen (secondary N) is 3. The fourth-order valence-electron chi connectivity index (χ4n) is 4.48. The Morgan fingerprint density at radius 1 is 1.05 bits per heavy atom. The van der Waals surface area contributed by atoms with Gasteiger partial charge in [-0.05, 0) is 63.4 Å². The number of fused-ring (bicyclic) bond motifs is 1. The number of ketones is 1. The second-order valence-electron chi connectivity index (χ2n) is 9.67. The van der Waals surface area contributed by atoms with Crippen molar-refractivity contribution in [3.05, 3.63) is 87.9 Å². The molecule has 0 saturated heterocycles. The zero-order valence-corrected chi connectivity index (χ0v) is 24.4. The molecule has 1 aliphatic heterocycles. The minimum Gasteiger partial charge on any atom is -0.507 e. The molecule has 0 saturated carbocycles. The Morgan fingerprint density at radius 2 is 1.68 bits per heavy atom. The summed E-state index contributed by atoms with van der Waals surface area (Å²) in [5.41, 5.74) is 1.74. The normalized spacial score (nSPS) is 15.5. The largest absolute Gasteiger partial charge is 0.507 e. The number of hydrogen-bond donors (Lipinski definition) is 4. The van der Waals surface area contributed by atoms with Gasteiger partial charge >= 0.3 is 0 Å². The number of anilines is 2. The molecule has 3 aromatic rings. The molecule has 3 aromatic carbocycles. The predicted molar refractivity (Wildman–Crippen MR) is 160 cm³/mol. The SMILES string of the molecule is CN[C@@H](C)C(=O)N[C@H]1CN(C(=O)c2ccc(C(C)=O)cc2)c2ccccc2N(CC(=N)c2ccc(Br)cc2O)C1=O. The van der Waals surface area contributed by atoms with Gasteiger partial charge in [0, 0.05) is 21.2 Å². The van der Waals surface area contributed by atoms with Crippen LogP contribution >= 0.6 is 15.9 Å². The number of amides is 3. The van der Waals surface area contributed by atoms with E-state index in [9.17, 15) is 24.3 Å². The summed E-state index contributed by atoms with van der Waals surface area (Å²) in [5.74, 6) is -1.64. The van der Waals surface area contributed by atoms with E-state index in [0.717, 1.165) is 0 Å². The van der Waals surface area contributed by atoms with Crippen molar-refractivity contribution in [1.29, 1.82) is 5.41 Å². The number of phenols is 1. The summed E-state index contributed by atoms with van der Waals surface area (Å²) in [4.78, 5) is 55.3. The van der Waals surface area contributed by atoms with E-state index in [1.54, 1.807) is 74.6 Å². The van der Waals surface area contributed by atoms with E-state index in [-0.39, 0.29) is 35.9 Å². The molecule has 2 atom stereocenters. The van der Waals surface area contributed by atoms with Crippen LogP contribution in [0.4, 0.5) is 11.4 Å². The Bertz CT molecular complexity index is 1520. The third kappa shape index (κ3) is 6.36. The molecule has 3 amide bonds. The van der Waals surface area contributed by atoms with Gasteiger partial charge in [0.05, 0.1) is 36.2 Å². The summed E-state index contributed by atoms with van der Waals surface area (Å²) in [6, 6.07) is 16.0. The van der Waals surface area contributed by atoms with Gasteiger partial charge in [-0.3, -0.25) is 19.2 Å². The number of rotatable bonds is 8. The van der Waals surface area contributed by atoms with Gasteiger partial charge in [-0.1, -0.05) is 40.2 Å². The number of benzene rings is 3.